The fraction of sp³-hybridized carbons (Fsp3) is 0.923. The van der Waals surface area contributed by atoms with Crippen LogP contribution in [0.15, 0.2) is 0 Å². The number of rotatable bonds is 7. The van der Waals surface area contributed by atoms with Gasteiger partial charge in [-0.05, 0) is 37.1 Å². The highest BCUT2D eigenvalue weighted by atomic mass is 16.2. The molecule has 0 spiro atoms. The van der Waals surface area contributed by atoms with E-state index in [9.17, 15) is 4.79 Å². The van der Waals surface area contributed by atoms with E-state index in [1.54, 1.807) is 0 Å². The van der Waals surface area contributed by atoms with Crippen LogP contribution >= 0.6 is 0 Å². The van der Waals surface area contributed by atoms with Gasteiger partial charge in [-0.15, -0.1) is 0 Å². The van der Waals surface area contributed by atoms with Crippen LogP contribution in [-0.4, -0.2) is 19.0 Å². The normalized spacial score (nSPS) is 23.9. The lowest BCUT2D eigenvalue weighted by Crippen LogP contribution is -2.32. The van der Waals surface area contributed by atoms with Crippen LogP contribution in [0.4, 0.5) is 0 Å². The Hall–Kier alpha value is -0.570. The maximum atomic E-state index is 11.8. The summed E-state index contributed by atoms with van der Waals surface area (Å²) in [5, 5.41) is 3.08. The number of hydrogen-bond donors (Lipinski definition) is 2. The first-order chi connectivity index (χ1) is 7.51. The molecular weight excluding hydrogens is 200 g/mol. The van der Waals surface area contributed by atoms with Gasteiger partial charge in [0.15, 0.2) is 0 Å². The van der Waals surface area contributed by atoms with Crippen molar-refractivity contribution >= 4 is 5.91 Å². The van der Waals surface area contributed by atoms with Crippen molar-refractivity contribution < 1.29 is 4.79 Å². The molecule has 94 valence electrons. The molecule has 1 aliphatic rings. The molecule has 3 N–H and O–H groups in total. The summed E-state index contributed by atoms with van der Waals surface area (Å²) >= 11 is 0. The van der Waals surface area contributed by atoms with Gasteiger partial charge in [-0.25, -0.2) is 0 Å². The molecule has 0 heterocycles. The molecule has 2 atom stereocenters. The van der Waals surface area contributed by atoms with Crippen LogP contribution in [0.3, 0.4) is 0 Å². The Labute approximate surface area is 99.2 Å². The van der Waals surface area contributed by atoms with Crippen LogP contribution in [-0.2, 0) is 4.79 Å². The second-order valence-corrected chi connectivity index (χ2v) is 5.72. The Kier molecular flexibility index (Phi) is 4.78. The lowest BCUT2D eigenvalue weighted by molar-refractivity contribution is -0.123. The molecule has 1 saturated carbocycles. The summed E-state index contributed by atoms with van der Waals surface area (Å²) in [6.07, 6.45) is 4.37. The summed E-state index contributed by atoms with van der Waals surface area (Å²) in [5.41, 5.74) is 5.80. The van der Waals surface area contributed by atoms with Crippen LogP contribution in [0, 0.1) is 17.3 Å². The maximum Gasteiger partial charge on any atom is 0.223 e. The van der Waals surface area contributed by atoms with Gasteiger partial charge in [-0.2, -0.15) is 0 Å². The summed E-state index contributed by atoms with van der Waals surface area (Å²) in [4.78, 5) is 11.8. The van der Waals surface area contributed by atoms with Gasteiger partial charge in [-0.3, -0.25) is 4.79 Å². The number of nitrogens with two attached hydrogens (primary N) is 1. The number of nitrogens with one attached hydrogen (secondary N) is 1. The highest BCUT2D eigenvalue weighted by Crippen LogP contribution is 2.51. The lowest BCUT2D eigenvalue weighted by atomic mass is 9.99. The van der Waals surface area contributed by atoms with E-state index in [0.29, 0.717) is 5.92 Å². The molecule has 1 amide bonds. The van der Waals surface area contributed by atoms with E-state index in [2.05, 4.69) is 26.1 Å². The van der Waals surface area contributed by atoms with E-state index in [4.69, 9.17) is 5.73 Å². The first kappa shape index (κ1) is 13.5. The molecule has 0 saturated heterocycles. The molecule has 1 aliphatic carbocycles. The van der Waals surface area contributed by atoms with Crippen molar-refractivity contribution in [1.29, 1.82) is 0 Å². The maximum absolute atomic E-state index is 11.8. The Bertz CT molecular complexity index is 232. The fourth-order valence-corrected chi connectivity index (χ4v) is 2.28. The Morgan fingerprint density at radius 1 is 1.50 bits per heavy atom. The Balaban J connectivity index is 2.24. The molecule has 3 nitrogen and oxygen atoms in total. The second kappa shape index (κ2) is 5.67. The van der Waals surface area contributed by atoms with Crippen LogP contribution < -0.4 is 11.1 Å². The minimum absolute atomic E-state index is 0.234. The third kappa shape index (κ3) is 3.78. The zero-order chi connectivity index (χ0) is 12.2. The average Bonchev–Trinajstić information content (AvgIpc) is 2.85. The molecule has 0 bridgehead atoms. The van der Waals surface area contributed by atoms with E-state index in [1.165, 1.54) is 0 Å². The number of carbonyl (C=O) groups is 1. The van der Waals surface area contributed by atoms with Crippen molar-refractivity contribution in [3.63, 3.8) is 0 Å². The summed E-state index contributed by atoms with van der Waals surface area (Å²) in [5.74, 6) is 1.04. The van der Waals surface area contributed by atoms with E-state index in [1.807, 2.05) is 0 Å². The quantitative estimate of drug-likeness (QED) is 0.697. The van der Waals surface area contributed by atoms with Gasteiger partial charge in [0.2, 0.25) is 5.91 Å². The molecule has 0 radical (unpaired) electrons. The second-order valence-electron chi connectivity index (χ2n) is 5.72. The van der Waals surface area contributed by atoms with Gasteiger partial charge >= 0.3 is 0 Å². The van der Waals surface area contributed by atoms with Crippen LogP contribution in [0.1, 0.15) is 46.5 Å². The first-order valence-electron chi connectivity index (χ1n) is 6.49. The van der Waals surface area contributed by atoms with Crippen LogP contribution in [0.2, 0.25) is 0 Å². The van der Waals surface area contributed by atoms with Crippen LogP contribution in [0.25, 0.3) is 0 Å². The summed E-state index contributed by atoms with van der Waals surface area (Å²) < 4.78 is 0. The zero-order valence-corrected chi connectivity index (χ0v) is 10.9. The molecule has 0 aromatic carbocycles. The number of amides is 1. The number of hydrogen-bond acceptors (Lipinski definition) is 2. The van der Waals surface area contributed by atoms with Gasteiger partial charge in [0.05, 0.1) is 0 Å². The molecule has 2 unspecified atom stereocenters. The summed E-state index contributed by atoms with van der Waals surface area (Å²) in [7, 11) is 0. The standard InChI is InChI=1S/C13H26N2O/c1-4-5-10(6-7-14)9-15-12(16)11-8-13(11,2)3/h10-11H,4-9,14H2,1-3H3,(H,15,16). The van der Waals surface area contributed by atoms with E-state index >= 15 is 0 Å². The fourth-order valence-electron chi connectivity index (χ4n) is 2.28. The monoisotopic (exact) mass is 226 g/mol. The minimum atomic E-state index is 0.234. The smallest absolute Gasteiger partial charge is 0.223 e. The largest absolute Gasteiger partial charge is 0.356 e. The van der Waals surface area contributed by atoms with Crippen molar-refractivity contribution in [2.45, 2.75) is 46.5 Å². The van der Waals surface area contributed by atoms with Crippen molar-refractivity contribution in [3.8, 4) is 0 Å². The van der Waals surface area contributed by atoms with Gasteiger partial charge in [0, 0.05) is 12.5 Å². The van der Waals surface area contributed by atoms with Gasteiger partial charge in [0.1, 0.15) is 0 Å². The van der Waals surface area contributed by atoms with Crippen molar-refractivity contribution in [1.82, 2.24) is 5.32 Å². The Morgan fingerprint density at radius 2 is 2.12 bits per heavy atom. The summed E-state index contributed by atoms with van der Waals surface area (Å²) in [6.45, 7) is 8.00. The van der Waals surface area contributed by atoms with Gasteiger partial charge in [-0.1, -0.05) is 27.2 Å². The molecule has 1 rings (SSSR count). The SMILES string of the molecule is CCCC(CCN)CNC(=O)C1CC1(C)C. The number of carbonyl (C=O) groups excluding carboxylic acids is 1. The van der Waals surface area contributed by atoms with E-state index in [0.717, 1.165) is 38.8 Å². The molecule has 16 heavy (non-hydrogen) atoms. The van der Waals surface area contributed by atoms with Crippen LogP contribution in [0.5, 0.6) is 0 Å². The van der Waals surface area contributed by atoms with E-state index in [-0.39, 0.29) is 17.2 Å². The molecule has 0 aromatic heterocycles. The molecule has 0 aromatic rings. The van der Waals surface area contributed by atoms with Crippen molar-refractivity contribution in [3.05, 3.63) is 0 Å². The van der Waals surface area contributed by atoms with E-state index < -0.39 is 0 Å². The van der Waals surface area contributed by atoms with Crippen molar-refractivity contribution in [2.24, 2.45) is 23.0 Å². The lowest BCUT2D eigenvalue weighted by Gasteiger charge is -2.16. The minimum Gasteiger partial charge on any atom is -0.356 e. The van der Waals surface area contributed by atoms with Crippen molar-refractivity contribution in [2.75, 3.05) is 13.1 Å². The van der Waals surface area contributed by atoms with Gasteiger partial charge in [0.25, 0.3) is 0 Å². The predicted octanol–water partition coefficient (Wildman–Crippen LogP) is 1.91. The average molecular weight is 226 g/mol. The molecule has 0 aliphatic heterocycles. The molecule has 1 fully saturated rings. The topological polar surface area (TPSA) is 55.1 Å². The third-order valence-corrected chi connectivity index (χ3v) is 3.67. The highest BCUT2D eigenvalue weighted by molar-refractivity contribution is 5.82. The highest BCUT2D eigenvalue weighted by Gasteiger charge is 2.50. The summed E-state index contributed by atoms with van der Waals surface area (Å²) in [6, 6.07) is 0. The third-order valence-electron chi connectivity index (χ3n) is 3.67. The first-order valence-corrected chi connectivity index (χ1v) is 6.49. The zero-order valence-electron chi connectivity index (χ0n) is 10.9. The predicted molar refractivity (Wildman–Crippen MR) is 67.0 cm³/mol. The van der Waals surface area contributed by atoms with Gasteiger partial charge < -0.3 is 11.1 Å². The Morgan fingerprint density at radius 3 is 2.56 bits per heavy atom. The molecule has 3 heteroatoms. The molecular formula is C13H26N2O.